The van der Waals surface area contributed by atoms with E-state index >= 15 is 0 Å². The molecule has 7 heteroatoms. The maximum absolute atomic E-state index is 4.58. The molecule has 2 aromatic rings. The van der Waals surface area contributed by atoms with Crippen LogP contribution in [0.5, 0.6) is 0 Å². The Balaban J connectivity index is 0.00000161. The first-order valence-corrected chi connectivity index (χ1v) is 7.17. The molecule has 1 aliphatic rings. The first-order valence-electron chi connectivity index (χ1n) is 7.17. The molecule has 0 aromatic carbocycles. The van der Waals surface area contributed by atoms with Crippen LogP contribution in [0.3, 0.4) is 0 Å². The summed E-state index contributed by atoms with van der Waals surface area (Å²) < 4.78 is 1.97. The van der Waals surface area contributed by atoms with Crippen LogP contribution in [0.2, 0.25) is 0 Å². The zero-order valence-electron chi connectivity index (χ0n) is 12.1. The minimum absolute atomic E-state index is 0. The second-order valence-corrected chi connectivity index (χ2v) is 5.06. The van der Waals surface area contributed by atoms with Gasteiger partial charge in [0.15, 0.2) is 17.4 Å². The molecule has 0 bridgehead atoms. The van der Waals surface area contributed by atoms with Crippen LogP contribution in [-0.2, 0) is 6.54 Å². The maximum Gasteiger partial charge on any atom is 0.191 e. The van der Waals surface area contributed by atoms with Crippen molar-refractivity contribution in [3.63, 3.8) is 0 Å². The molecule has 1 fully saturated rings. The first kappa shape index (κ1) is 16.0. The number of nitrogens with one attached hydrogen (secondary N) is 2. The number of hydrogen-bond acceptors (Lipinski definition) is 3. The molecule has 0 aliphatic heterocycles. The number of pyridine rings is 1. The molecule has 2 aromatic heterocycles. The van der Waals surface area contributed by atoms with Crippen LogP contribution in [-0.4, -0.2) is 33.6 Å². The second-order valence-electron chi connectivity index (χ2n) is 5.06. The van der Waals surface area contributed by atoms with Gasteiger partial charge in [-0.15, -0.1) is 34.2 Å². The van der Waals surface area contributed by atoms with Crippen LogP contribution >= 0.6 is 24.0 Å². The fourth-order valence-corrected chi connectivity index (χ4v) is 2.05. The quantitative estimate of drug-likeness (QED) is 0.457. The molecule has 0 amide bonds. The van der Waals surface area contributed by atoms with Crippen LogP contribution in [0.25, 0.3) is 5.65 Å². The van der Waals surface area contributed by atoms with Crippen molar-refractivity contribution in [1.29, 1.82) is 0 Å². The summed E-state index contributed by atoms with van der Waals surface area (Å²) in [6.45, 7) is 4.45. The van der Waals surface area contributed by atoms with Gasteiger partial charge in [0.05, 0.1) is 0 Å². The predicted molar refractivity (Wildman–Crippen MR) is 93.9 cm³/mol. The summed E-state index contributed by atoms with van der Waals surface area (Å²) in [5.74, 6) is 2.53. The van der Waals surface area contributed by atoms with Gasteiger partial charge in [-0.25, -0.2) is 4.99 Å². The van der Waals surface area contributed by atoms with Crippen LogP contribution in [0.1, 0.15) is 25.6 Å². The van der Waals surface area contributed by atoms with Crippen molar-refractivity contribution in [3.8, 4) is 0 Å². The van der Waals surface area contributed by atoms with E-state index in [1.54, 1.807) is 0 Å². The molecule has 2 heterocycles. The highest BCUT2D eigenvalue weighted by Gasteiger charge is 2.21. The molecule has 114 valence electrons. The van der Waals surface area contributed by atoms with E-state index in [2.05, 4.69) is 32.7 Å². The molecule has 0 unspecified atom stereocenters. The lowest BCUT2D eigenvalue weighted by atomic mass is 10.4. The number of halogens is 1. The molecule has 3 rings (SSSR count). The summed E-state index contributed by atoms with van der Waals surface area (Å²) in [4.78, 5) is 4.58. The van der Waals surface area contributed by atoms with Gasteiger partial charge in [-0.1, -0.05) is 6.07 Å². The number of hydrogen-bond donors (Lipinski definition) is 2. The first-order chi connectivity index (χ1) is 9.86. The fourth-order valence-electron chi connectivity index (χ4n) is 2.05. The Morgan fingerprint density at radius 2 is 2.19 bits per heavy atom. The van der Waals surface area contributed by atoms with Gasteiger partial charge >= 0.3 is 0 Å². The topological polar surface area (TPSA) is 66.6 Å². The van der Waals surface area contributed by atoms with Crippen molar-refractivity contribution in [3.05, 3.63) is 30.2 Å². The zero-order chi connectivity index (χ0) is 13.8. The standard InChI is InChI=1S/C14H20N6.HI/c1-2-15-14(16-9-11-6-7-11)17-10-13-19-18-12-5-3-4-8-20(12)13;/h3-5,8,11H,2,6-7,9-10H2,1H3,(H2,15,16,17);1H. The van der Waals surface area contributed by atoms with Crippen molar-refractivity contribution >= 4 is 35.6 Å². The minimum atomic E-state index is 0. The average molecular weight is 400 g/mol. The van der Waals surface area contributed by atoms with E-state index in [9.17, 15) is 0 Å². The summed E-state index contributed by atoms with van der Waals surface area (Å²) >= 11 is 0. The molecule has 0 radical (unpaired) electrons. The number of fused-ring (bicyclic) bond motifs is 1. The molecule has 2 N–H and O–H groups in total. The van der Waals surface area contributed by atoms with E-state index in [1.165, 1.54) is 12.8 Å². The van der Waals surface area contributed by atoms with Gasteiger partial charge in [-0.2, -0.15) is 0 Å². The third kappa shape index (κ3) is 4.29. The van der Waals surface area contributed by atoms with Crippen molar-refractivity contribution in [2.75, 3.05) is 13.1 Å². The number of guanidine groups is 1. The Morgan fingerprint density at radius 1 is 1.33 bits per heavy atom. The van der Waals surface area contributed by atoms with E-state index in [-0.39, 0.29) is 24.0 Å². The largest absolute Gasteiger partial charge is 0.357 e. The van der Waals surface area contributed by atoms with Crippen molar-refractivity contribution in [1.82, 2.24) is 25.2 Å². The molecular weight excluding hydrogens is 379 g/mol. The van der Waals surface area contributed by atoms with Gasteiger partial charge in [0.25, 0.3) is 0 Å². The van der Waals surface area contributed by atoms with Crippen molar-refractivity contribution < 1.29 is 0 Å². The van der Waals surface area contributed by atoms with Crippen molar-refractivity contribution in [2.45, 2.75) is 26.3 Å². The summed E-state index contributed by atoms with van der Waals surface area (Å²) in [5, 5.41) is 14.9. The number of aromatic nitrogens is 3. The highest BCUT2D eigenvalue weighted by atomic mass is 127. The van der Waals surface area contributed by atoms with Crippen LogP contribution in [0, 0.1) is 5.92 Å². The Hall–Kier alpha value is -1.38. The lowest BCUT2D eigenvalue weighted by Crippen LogP contribution is -2.38. The number of rotatable bonds is 5. The van der Waals surface area contributed by atoms with E-state index in [4.69, 9.17) is 0 Å². The second kappa shape index (κ2) is 7.58. The van der Waals surface area contributed by atoms with Gasteiger partial charge in [0.2, 0.25) is 0 Å². The van der Waals surface area contributed by atoms with E-state index in [0.29, 0.717) is 6.54 Å². The molecule has 6 nitrogen and oxygen atoms in total. The monoisotopic (exact) mass is 400 g/mol. The van der Waals surface area contributed by atoms with E-state index in [0.717, 1.165) is 36.4 Å². The van der Waals surface area contributed by atoms with Gasteiger partial charge in [-0.05, 0) is 37.8 Å². The SMILES string of the molecule is CCNC(=NCc1nnc2ccccn12)NCC1CC1.I. The lowest BCUT2D eigenvalue weighted by molar-refractivity contribution is 0.735. The Kier molecular flexibility index (Phi) is 5.77. The van der Waals surface area contributed by atoms with Gasteiger partial charge < -0.3 is 10.6 Å². The normalized spacial score (nSPS) is 14.8. The summed E-state index contributed by atoms with van der Waals surface area (Å²) in [6, 6.07) is 5.87. The van der Waals surface area contributed by atoms with Crippen LogP contribution < -0.4 is 10.6 Å². The molecule has 21 heavy (non-hydrogen) atoms. The van der Waals surface area contributed by atoms with E-state index in [1.807, 2.05) is 28.8 Å². The Morgan fingerprint density at radius 3 is 2.95 bits per heavy atom. The molecule has 0 atom stereocenters. The van der Waals surface area contributed by atoms with Gasteiger partial charge in [-0.3, -0.25) is 4.40 Å². The Labute approximate surface area is 141 Å². The predicted octanol–water partition coefficient (Wildman–Crippen LogP) is 1.81. The average Bonchev–Trinajstić information content (AvgIpc) is 3.21. The molecular formula is C14H21IN6. The van der Waals surface area contributed by atoms with Crippen molar-refractivity contribution in [2.24, 2.45) is 10.9 Å². The fraction of sp³-hybridized carbons (Fsp3) is 0.500. The molecule has 1 saturated carbocycles. The highest BCUT2D eigenvalue weighted by Crippen LogP contribution is 2.27. The highest BCUT2D eigenvalue weighted by molar-refractivity contribution is 14.0. The minimum Gasteiger partial charge on any atom is -0.357 e. The molecule has 1 aliphatic carbocycles. The zero-order valence-corrected chi connectivity index (χ0v) is 14.4. The molecule has 0 saturated heterocycles. The van der Waals surface area contributed by atoms with E-state index < -0.39 is 0 Å². The summed E-state index contributed by atoms with van der Waals surface area (Å²) in [6.07, 6.45) is 4.63. The van der Waals surface area contributed by atoms with Gasteiger partial charge in [0, 0.05) is 19.3 Å². The number of nitrogens with zero attached hydrogens (tertiary/aromatic N) is 4. The summed E-state index contributed by atoms with van der Waals surface area (Å²) in [7, 11) is 0. The third-order valence-electron chi connectivity index (χ3n) is 3.36. The van der Waals surface area contributed by atoms with Crippen LogP contribution in [0.4, 0.5) is 0 Å². The maximum atomic E-state index is 4.58. The smallest absolute Gasteiger partial charge is 0.191 e. The van der Waals surface area contributed by atoms with Gasteiger partial charge in [0.1, 0.15) is 6.54 Å². The lowest BCUT2D eigenvalue weighted by Gasteiger charge is -2.10. The summed E-state index contributed by atoms with van der Waals surface area (Å²) in [5.41, 5.74) is 0.855. The number of aliphatic imine (C=N–C) groups is 1. The Bertz CT molecular complexity index is 604. The molecule has 0 spiro atoms. The van der Waals surface area contributed by atoms with Crippen LogP contribution in [0.15, 0.2) is 29.4 Å². The third-order valence-corrected chi connectivity index (χ3v) is 3.36.